The highest BCUT2D eigenvalue weighted by Gasteiger charge is 2.30. The number of hydrogen-bond acceptors (Lipinski definition) is 4. The molecule has 0 saturated carbocycles. The van der Waals surface area contributed by atoms with Gasteiger partial charge in [0.25, 0.3) is 10.1 Å². The minimum absolute atomic E-state index is 0.0240. The highest BCUT2D eigenvalue weighted by molar-refractivity contribution is 8.09. The van der Waals surface area contributed by atoms with Crippen LogP contribution >= 0.6 is 19.7 Å². The Morgan fingerprint density at radius 1 is 1.23 bits per heavy atom. The molecule has 0 spiro atoms. The Kier molecular flexibility index (Phi) is 4.48. The van der Waals surface area contributed by atoms with E-state index in [1.165, 1.54) is 22.9 Å². The number of rotatable bonds is 2. The second-order valence-corrected chi connectivity index (χ2v) is 11.5. The lowest BCUT2D eigenvalue weighted by Gasteiger charge is -2.24. The molecule has 4 rings (SSSR count). The molecule has 2 atom stereocenters. The highest BCUT2D eigenvalue weighted by Crippen LogP contribution is 2.55. The molecule has 0 bridgehead atoms. The maximum absolute atomic E-state index is 11.4. The van der Waals surface area contributed by atoms with Gasteiger partial charge in [-0.1, -0.05) is 32.2 Å². The molecule has 134 valence electrons. The van der Waals surface area contributed by atoms with E-state index in [9.17, 15) is 13.0 Å². The van der Waals surface area contributed by atoms with Crippen molar-refractivity contribution < 1.29 is 13.0 Å². The molecule has 0 fully saturated rings. The van der Waals surface area contributed by atoms with Crippen LogP contribution in [0.1, 0.15) is 5.56 Å². The number of anilines is 1. The molecule has 0 amide bonds. The summed E-state index contributed by atoms with van der Waals surface area (Å²) in [5.41, 5.74) is 3.57. The summed E-state index contributed by atoms with van der Waals surface area (Å²) in [5.74, 6) is 0. The van der Waals surface area contributed by atoms with Gasteiger partial charge < -0.3 is 4.90 Å². The van der Waals surface area contributed by atoms with Gasteiger partial charge in [0.15, 0.2) is 0 Å². The molecule has 0 radical (unpaired) electrons. The lowest BCUT2D eigenvalue weighted by atomic mass is 10.0. The Bertz CT molecular complexity index is 1050. The molecule has 2 aliphatic rings. The summed E-state index contributed by atoms with van der Waals surface area (Å²) in [7, 11) is -2.70. The molecule has 2 heterocycles. The third-order valence-corrected chi connectivity index (χ3v) is 9.93. The molecule has 7 heteroatoms. The van der Waals surface area contributed by atoms with Crippen molar-refractivity contribution >= 4 is 46.4 Å². The third-order valence-electron chi connectivity index (χ3n) is 4.63. The van der Waals surface area contributed by atoms with E-state index in [2.05, 4.69) is 42.0 Å². The van der Waals surface area contributed by atoms with Crippen LogP contribution in [0.15, 0.2) is 70.6 Å². The molecule has 0 aliphatic carbocycles. The lowest BCUT2D eigenvalue weighted by Crippen LogP contribution is -2.13. The second-order valence-electron chi connectivity index (χ2n) is 6.29. The standard InChI is InChI=1S/C19H18NO3PS2/c1-20-10-9-13(15-5-3-4-6-16(15)20)11-19-24(2)17-12-14(26(21,22)23)7-8-18(17)25-19/h3-12,19H,1-2H3,(H,21,22,23). The summed E-state index contributed by atoms with van der Waals surface area (Å²) in [4.78, 5) is 3.45. The van der Waals surface area contributed by atoms with Crippen molar-refractivity contribution in [2.45, 2.75) is 14.8 Å². The van der Waals surface area contributed by atoms with Crippen LogP contribution in [0, 0.1) is 0 Å². The second kappa shape index (κ2) is 6.54. The number of fused-ring (bicyclic) bond motifs is 2. The Hall–Kier alpha value is -1.59. The average Bonchev–Trinajstić information content (AvgIpc) is 2.92. The minimum Gasteiger partial charge on any atom is -0.351 e. The van der Waals surface area contributed by atoms with Gasteiger partial charge in [-0.05, 0) is 47.9 Å². The number of para-hydroxylation sites is 1. The van der Waals surface area contributed by atoms with Crippen molar-refractivity contribution in [3.05, 3.63) is 66.4 Å². The summed E-state index contributed by atoms with van der Waals surface area (Å²) >= 11 is 1.76. The van der Waals surface area contributed by atoms with E-state index in [0.717, 1.165) is 10.2 Å². The molecular weight excluding hydrogens is 385 g/mol. The Labute approximate surface area is 159 Å². The molecular formula is C19H18NO3PS2. The number of nitrogens with zero attached hydrogens (tertiary/aromatic N) is 1. The SMILES string of the molecule is CN1C=CC(=CC2Sc3ccc(S(=O)(=O)O)cc3P2C)c2ccccc21. The first-order chi connectivity index (χ1) is 12.3. The van der Waals surface area contributed by atoms with E-state index >= 15 is 0 Å². The van der Waals surface area contributed by atoms with E-state index < -0.39 is 18.0 Å². The van der Waals surface area contributed by atoms with Crippen LogP contribution in [0.3, 0.4) is 0 Å². The molecule has 2 unspecified atom stereocenters. The molecule has 26 heavy (non-hydrogen) atoms. The smallest absolute Gasteiger partial charge is 0.294 e. The molecule has 2 aromatic carbocycles. The van der Waals surface area contributed by atoms with Crippen molar-refractivity contribution in [1.29, 1.82) is 0 Å². The van der Waals surface area contributed by atoms with Crippen LogP contribution in [0.4, 0.5) is 5.69 Å². The monoisotopic (exact) mass is 403 g/mol. The van der Waals surface area contributed by atoms with Gasteiger partial charge in [-0.2, -0.15) is 8.42 Å². The predicted octanol–water partition coefficient (Wildman–Crippen LogP) is 4.15. The van der Waals surface area contributed by atoms with Crippen LogP contribution in [-0.4, -0.2) is 31.7 Å². The molecule has 2 aromatic rings. The first-order valence-corrected chi connectivity index (χ1v) is 12.3. The number of hydrogen-bond donors (Lipinski definition) is 1. The molecule has 0 aromatic heterocycles. The van der Waals surface area contributed by atoms with E-state index in [4.69, 9.17) is 0 Å². The van der Waals surface area contributed by atoms with Gasteiger partial charge in [0.2, 0.25) is 0 Å². The van der Waals surface area contributed by atoms with Gasteiger partial charge in [0.05, 0.1) is 9.89 Å². The van der Waals surface area contributed by atoms with Crippen molar-refractivity contribution in [3.63, 3.8) is 0 Å². The summed E-state index contributed by atoms with van der Waals surface area (Å²) in [6.07, 6.45) is 6.47. The zero-order chi connectivity index (χ0) is 18.5. The number of allylic oxidation sites excluding steroid dienone is 2. The molecule has 0 saturated heterocycles. The number of thioether (sulfide) groups is 1. The molecule has 2 aliphatic heterocycles. The Morgan fingerprint density at radius 2 is 2.00 bits per heavy atom. The molecule has 1 N–H and O–H groups in total. The topological polar surface area (TPSA) is 57.6 Å². The van der Waals surface area contributed by atoms with Crippen LogP contribution in [0.2, 0.25) is 0 Å². The largest absolute Gasteiger partial charge is 0.351 e. The first kappa shape index (κ1) is 17.8. The van der Waals surface area contributed by atoms with Gasteiger partial charge in [-0.25, -0.2) is 0 Å². The summed E-state index contributed by atoms with van der Waals surface area (Å²) in [6.45, 7) is 2.16. The van der Waals surface area contributed by atoms with E-state index in [1.54, 1.807) is 23.9 Å². The van der Waals surface area contributed by atoms with Gasteiger partial charge in [-0.15, -0.1) is 11.8 Å². The fourth-order valence-corrected chi connectivity index (χ4v) is 7.93. The van der Waals surface area contributed by atoms with Crippen LogP contribution in [0.25, 0.3) is 5.57 Å². The summed E-state index contributed by atoms with van der Waals surface area (Å²) < 4.78 is 32.2. The van der Waals surface area contributed by atoms with Crippen molar-refractivity contribution in [2.75, 3.05) is 18.6 Å². The fraction of sp³-hybridized carbons (Fsp3) is 0.158. The highest BCUT2D eigenvalue weighted by atomic mass is 32.2. The van der Waals surface area contributed by atoms with E-state index in [0.29, 0.717) is 0 Å². The zero-order valence-electron chi connectivity index (χ0n) is 14.3. The van der Waals surface area contributed by atoms with Crippen molar-refractivity contribution in [2.24, 2.45) is 0 Å². The van der Waals surface area contributed by atoms with Gasteiger partial charge in [0.1, 0.15) is 0 Å². The van der Waals surface area contributed by atoms with E-state index in [1.807, 2.05) is 19.2 Å². The maximum Gasteiger partial charge on any atom is 0.294 e. The van der Waals surface area contributed by atoms with Crippen molar-refractivity contribution in [1.82, 2.24) is 0 Å². The average molecular weight is 403 g/mol. The first-order valence-electron chi connectivity index (χ1n) is 8.08. The van der Waals surface area contributed by atoms with Gasteiger partial charge in [-0.3, -0.25) is 4.55 Å². The Morgan fingerprint density at radius 3 is 2.77 bits per heavy atom. The van der Waals surface area contributed by atoms with Crippen LogP contribution in [0.5, 0.6) is 0 Å². The normalized spacial score (nSPS) is 23.2. The third kappa shape index (κ3) is 3.12. The maximum atomic E-state index is 11.4. The summed E-state index contributed by atoms with van der Waals surface area (Å²) in [5, 5.41) is 1.03. The van der Waals surface area contributed by atoms with E-state index in [-0.39, 0.29) is 9.89 Å². The van der Waals surface area contributed by atoms with Gasteiger partial charge in [0, 0.05) is 29.4 Å². The van der Waals surface area contributed by atoms with Crippen molar-refractivity contribution in [3.8, 4) is 0 Å². The van der Waals surface area contributed by atoms with Gasteiger partial charge >= 0.3 is 0 Å². The number of benzene rings is 2. The quantitative estimate of drug-likeness (QED) is 0.603. The molecule has 4 nitrogen and oxygen atoms in total. The minimum atomic E-state index is -4.17. The Balaban J connectivity index is 1.70. The van der Waals surface area contributed by atoms with Crippen LogP contribution < -0.4 is 10.2 Å². The fourth-order valence-electron chi connectivity index (χ4n) is 3.21. The zero-order valence-corrected chi connectivity index (χ0v) is 16.9. The lowest BCUT2D eigenvalue weighted by molar-refractivity contribution is 0.483. The van der Waals surface area contributed by atoms with Crippen LogP contribution in [-0.2, 0) is 10.1 Å². The summed E-state index contributed by atoms with van der Waals surface area (Å²) in [6, 6.07) is 13.2. The predicted molar refractivity (Wildman–Crippen MR) is 110 cm³/mol.